The first kappa shape index (κ1) is 14.0. The predicted molar refractivity (Wildman–Crippen MR) is 63.0 cm³/mol. The molecule has 1 heterocycles. The van der Waals surface area contributed by atoms with Crippen LogP contribution in [0.3, 0.4) is 0 Å². The van der Waals surface area contributed by atoms with E-state index in [2.05, 4.69) is 10.5 Å². The summed E-state index contributed by atoms with van der Waals surface area (Å²) in [6.45, 7) is 4.84. The molecule has 0 aromatic carbocycles. The van der Waals surface area contributed by atoms with Gasteiger partial charge in [0.25, 0.3) is 0 Å². The number of aliphatic carboxylic acids is 1. The first-order valence-corrected chi connectivity index (χ1v) is 5.42. The molecule has 0 unspecified atom stereocenters. The van der Waals surface area contributed by atoms with Crippen LogP contribution in [-0.2, 0) is 11.3 Å². The van der Waals surface area contributed by atoms with E-state index in [1.165, 1.54) is 20.9 Å². The first-order valence-electron chi connectivity index (χ1n) is 5.42. The van der Waals surface area contributed by atoms with Gasteiger partial charge in [-0.25, -0.2) is 9.59 Å². The lowest BCUT2D eigenvalue weighted by Crippen LogP contribution is -2.53. The number of nitrogens with one attached hydrogen (secondary N) is 1. The van der Waals surface area contributed by atoms with Gasteiger partial charge in [-0.1, -0.05) is 5.16 Å². The summed E-state index contributed by atoms with van der Waals surface area (Å²) in [5, 5.41) is 15.2. The minimum atomic E-state index is -1.28. The van der Waals surface area contributed by atoms with Gasteiger partial charge in [0.1, 0.15) is 5.54 Å². The molecule has 0 aliphatic carbocycles. The third kappa shape index (κ3) is 2.99. The second-order valence-corrected chi connectivity index (χ2v) is 4.52. The number of aromatic nitrogens is 1. The maximum absolute atomic E-state index is 11.8. The molecule has 0 bridgehead atoms. The molecule has 7 nitrogen and oxygen atoms in total. The minimum Gasteiger partial charge on any atom is -0.480 e. The molecule has 2 amide bonds. The SMILES string of the molecule is Cc1cc(CNC(=O)N(C)C(C)(C)C(=O)O)on1. The lowest BCUT2D eigenvalue weighted by molar-refractivity contribution is -0.146. The zero-order chi connectivity index (χ0) is 13.9. The number of hydrogen-bond donors (Lipinski definition) is 2. The molecular formula is C11H17N3O4. The fraction of sp³-hybridized carbons (Fsp3) is 0.545. The number of carbonyl (C=O) groups is 2. The van der Waals surface area contributed by atoms with Crippen LogP contribution in [0.1, 0.15) is 25.3 Å². The molecule has 1 aromatic heterocycles. The number of carboxylic acid groups (broad SMARTS) is 1. The zero-order valence-corrected chi connectivity index (χ0v) is 10.9. The number of carboxylic acids is 1. The van der Waals surface area contributed by atoms with Crippen molar-refractivity contribution < 1.29 is 19.2 Å². The van der Waals surface area contributed by atoms with Crippen LogP contribution < -0.4 is 5.32 Å². The summed E-state index contributed by atoms with van der Waals surface area (Å²) in [5.41, 5.74) is -0.556. The summed E-state index contributed by atoms with van der Waals surface area (Å²) in [6.07, 6.45) is 0. The maximum Gasteiger partial charge on any atom is 0.329 e. The smallest absolute Gasteiger partial charge is 0.329 e. The van der Waals surface area contributed by atoms with Crippen molar-refractivity contribution in [2.75, 3.05) is 7.05 Å². The molecule has 1 rings (SSSR count). The summed E-state index contributed by atoms with van der Waals surface area (Å²) < 4.78 is 4.93. The zero-order valence-electron chi connectivity index (χ0n) is 10.9. The number of carbonyl (C=O) groups excluding carboxylic acids is 1. The van der Waals surface area contributed by atoms with E-state index in [0.717, 1.165) is 10.6 Å². The minimum absolute atomic E-state index is 0.166. The normalized spacial score (nSPS) is 11.1. The van der Waals surface area contributed by atoms with Gasteiger partial charge in [-0.2, -0.15) is 0 Å². The summed E-state index contributed by atoms with van der Waals surface area (Å²) in [7, 11) is 1.43. The van der Waals surface area contributed by atoms with E-state index in [0.29, 0.717) is 5.76 Å². The molecule has 1 aromatic rings. The second-order valence-electron chi connectivity index (χ2n) is 4.52. The summed E-state index contributed by atoms with van der Waals surface area (Å²) in [5.74, 6) is -0.557. The van der Waals surface area contributed by atoms with E-state index in [4.69, 9.17) is 9.63 Å². The lowest BCUT2D eigenvalue weighted by Gasteiger charge is -2.31. The maximum atomic E-state index is 11.8. The summed E-state index contributed by atoms with van der Waals surface area (Å²) in [6, 6.07) is 1.21. The largest absolute Gasteiger partial charge is 0.480 e. The molecule has 0 saturated heterocycles. The van der Waals surface area contributed by atoms with Gasteiger partial charge < -0.3 is 19.8 Å². The van der Waals surface area contributed by atoms with Crippen LogP contribution in [-0.4, -0.2) is 39.8 Å². The molecule has 0 fully saturated rings. The van der Waals surface area contributed by atoms with E-state index < -0.39 is 17.5 Å². The fourth-order valence-corrected chi connectivity index (χ4v) is 1.18. The Labute approximate surface area is 105 Å². The molecule has 18 heavy (non-hydrogen) atoms. The van der Waals surface area contributed by atoms with Crippen LogP contribution in [0.25, 0.3) is 0 Å². The number of nitrogens with zero attached hydrogens (tertiary/aromatic N) is 2. The molecule has 0 aliphatic rings. The Kier molecular flexibility index (Phi) is 3.95. The molecule has 0 spiro atoms. The summed E-state index contributed by atoms with van der Waals surface area (Å²) >= 11 is 0. The molecular weight excluding hydrogens is 238 g/mol. The van der Waals surface area contributed by atoms with Crippen LogP contribution in [0.5, 0.6) is 0 Å². The molecule has 2 N–H and O–H groups in total. The Hall–Kier alpha value is -2.05. The Bertz CT molecular complexity index is 453. The summed E-state index contributed by atoms with van der Waals surface area (Å²) in [4.78, 5) is 23.9. The Morgan fingerprint density at radius 2 is 2.17 bits per heavy atom. The highest BCUT2D eigenvalue weighted by Crippen LogP contribution is 2.12. The molecule has 0 saturated carbocycles. The third-order valence-electron chi connectivity index (χ3n) is 2.76. The monoisotopic (exact) mass is 255 g/mol. The average Bonchev–Trinajstić information content (AvgIpc) is 2.70. The number of hydrogen-bond acceptors (Lipinski definition) is 4. The second kappa shape index (κ2) is 5.07. The van der Waals surface area contributed by atoms with E-state index >= 15 is 0 Å². The Balaban J connectivity index is 2.58. The van der Waals surface area contributed by atoms with E-state index in [9.17, 15) is 9.59 Å². The van der Waals surface area contributed by atoms with Crippen molar-refractivity contribution in [3.8, 4) is 0 Å². The van der Waals surface area contributed by atoms with Crippen LogP contribution in [0.15, 0.2) is 10.6 Å². The van der Waals surface area contributed by atoms with E-state index in [1.807, 2.05) is 0 Å². The van der Waals surface area contributed by atoms with Gasteiger partial charge >= 0.3 is 12.0 Å². The van der Waals surface area contributed by atoms with Crippen LogP contribution in [0.2, 0.25) is 0 Å². The number of rotatable bonds is 4. The van der Waals surface area contributed by atoms with Crippen molar-refractivity contribution in [3.63, 3.8) is 0 Å². The highest BCUT2D eigenvalue weighted by atomic mass is 16.5. The van der Waals surface area contributed by atoms with Crippen LogP contribution >= 0.6 is 0 Å². The highest BCUT2D eigenvalue weighted by Gasteiger charge is 2.35. The molecule has 0 atom stereocenters. The topological polar surface area (TPSA) is 95.7 Å². The van der Waals surface area contributed by atoms with Crippen molar-refractivity contribution in [1.29, 1.82) is 0 Å². The number of likely N-dealkylation sites (N-methyl/N-ethyl adjacent to an activating group) is 1. The van der Waals surface area contributed by atoms with Crippen molar-refractivity contribution >= 4 is 12.0 Å². The van der Waals surface area contributed by atoms with Crippen molar-refractivity contribution in [2.45, 2.75) is 32.9 Å². The highest BCUT2D eigenvalue weighted by molar-refractivity contribution is 5.85. The Morgan fingerprint density at radius 1 is 1.56 bits per heavy atom. The standard InChI is InChI=1S/C11H17N3O4/c1-7-5-8(18-13-7)6-12-10(17)14(4)11(2,3)9(15)16/h5H,6H2,1-4H3,(H,12,17)(H,15,16). The first-order chi connectivity index (χ1) is 8.25. The quantitative estimate of drug-likeness (QED) is 0.836. The predicted octanol–water partition coefficient (Wildman–Crippen LogP) is 0.988. The third-order valence-corrected chi connectivity index (χ3v) is 2.76. The number of amides is 2. The molecule has 7 heteroatoms. The van der Waals surface area contributed by atoms with E-state index in [-0.39, 0.29) is 6.54 Å². The molecule has 0 aliphatic heterocycles. The van der Waals surface area contributed by atoms with Crippen molar-refractivity contribution in [2.24, 2.45) is 0 Å². The molecule has 100 valence electrons. The van der Waals surface area contributed by atoms with Gasteiger partial charge in [0, 0.05) is 13.1 Å². The van der Waals surface area contributed by atoms with Gasteiger partial charge in [0.05, 0.1) is 12.2 Å². The van der Waals surface area contributed by atoms with Crippen LogP contribution in [0, 0.1) is 6.92 Å². The van der Waals surface area contributed by atoms with Crippen molar-refractivity contribution in [3.05, 3.63) is 17.5 Å². The van der Waals surface area contributed by atoms with Crippen LogP contribution in [0.4, 0.5) is 4.79 Å². The number of aryl methyl sites for hydroxylation is 1. The van der Waals surface area contributed by atoms with Gasteiger partial charge in [-0.05, 0) is 20.8 Å². The van der Waals surface area contributed by atoms with Crippen molar-refractivity contribution in [1.82, 2.24) is 15.4 Å². The Morgan fingerprint density at radius 3 is 2.61 bits per heavy atom. The lowest BCUT2D eigenvalue weighted by atomic mass is 10.1. The fourth-order valence-electron chi connectivity index (χ4n) is 1.18. The molecule has 0 radical (unpaired) electrons. The average molecular weight is 255 g/mol. The van der Waals surface area contributed by atoms with Gasteiger partial charge in [0.2, 0.25) is 0 Å². The number of urea groups is 1. The van der Waals surface area contributed by atoms with Gasteiger partial charge in [-0.15, -0.1) is 0 Å². The van der Waals surface area contributed by atoms with Gasteiger partial charge in [-0.3, -0.25) is 0 Å². The van der Waals surface area contributed by atoms with E-state index in [1.54, 1.807) is 13.0 Å². The van der Waals surface area contributed by atoms with Gasteiger partial charge in [0.15, 0.2) is 5.76 Å².